The Hall–Kier alpha value is -1.82. The number of rotatable bonds is 7. The Morgan fingerprint density at radius 2 is 1.38 bits per heavy atom. The summed E-state index contributed by atoms with van der Waals surface area (Å²) >= 11 is 0. The first kappa shape index (κ1) is 20.5. The van der Waals surface area contributed by atoms with Gasteiger partial charge in [0.1, 0.15) is 0 Å². The number of allylic oxidation sites excluding steroid dienone is 2. The van der Waals surface area contributed by atoms with Crippen molar-refractivity contribution >= 4 is 5.57 Å². The molecule has 0 nitrogen and oxygen atoms in total. The molecule has 4 rings (SSSR count). The van der Waals surface area contributed by atoms with Crippen molar-refractivity contribution in [3.05, 3.63) is 66.2 Å². The number of unbranched alkanes of at least 4 members (excludes halogenated alkanes) is 2. The minimum absolute atomic E-state index is 0.943. The van der Waals surface area contributed by atoms with Gasteiger partial charge in [-0.2, -0.15) is 0 Å². The maximum absolute atomic E-state index is 2.57. The molecule has 154 valence electrons. The fourth-order valence-electron chi connectivity index (χ4n) is 5.68. The van der Waals surface area contributed by atoms with E-state index in [1.807, 2.05) is 0 Å². The molecule has 29 heavy (non-hydrogen) atoms. The fraction of sp³-hybridized carbons (Fsp3) is 0.517. The van der Waals surface area contributed by atoms with Crippen LogP contribution in [0.1, 0.15) is 83.1 Å². The third-order valence-electron chi connectivity index (χ3n) is 7.59. The lowest BCUT2D eigenvalue weighted by atomic mass is 9.70. The molecule has 0 saturated heterocycles. The Labute approximate surface area is 178 Å². The van der Waals surface area contributed by atoms with Gasteiger partial charge in [-0.25, -0.2) is 0 Å². The van der Waals surface area contributed by atoms with Crippen molar-refractivity contribution in [2.24, 2.45) is 17.8 Å². The molecule has 0 amide bonds. The second-order valence-corrected chi connectivity index (χ2v) is 9.48. The maximum Gasteiger partial charge on any atom is -0.0184 e. The van der Waals surface area contributed by atoms with Crippen molar-refractivity contribution in [1.82, 2.24) is 0 Å². The van der Waals surface area contributed by atoms with Crippen LogP contribution >= 0.6 is 0 Å². The monoisotopic (exact) mass is 386 g/mol. The molecule has 1 unspecified atom stereocenters. The first-order chi connectivity index (χ1) is 14.3. The average Bonchev–Trinajstić information content (AvgIpc) is 2.81. The predicted molar refractivity (Wildman–Crippen MR) is 127 cm³/mol. The van der Waals surface area contributed by atoms with Crippen molar-refractivity contribution in [2.45, 2.75) is 77.6 Å². The normalized spacial score (nSPS) is 24.9. The van der Waals surface area contributed by atoms with Gasteiger partial charge in [-0.1, -0.05) is 106 Å². The van der Waals surface area contributed by atoms with E-state index in [9.17, 15) is 0 Å². The van der Waals surface area contributed by atoms with Crippen molar-refractivity contribution in [1.29, 1.82) is 0 Å². The molecule has 0 spiro atoms. The fourth-order valence-corrected chi connectivity index (χ4v) is 5.68. The lowest BCUT2D eigenvalue weighted by Crippen LogP contribution is -2.23. The van der Waals surface area contributed by atoms with Crippen LogP contribution in [-0.2, 0) is 0 Å². The molecule has 1 atom stereocenters. The lowest BCUT2D eigenvalue weighted by Gasteiger charge is -2.35. The molecule has 0 bridgehead atoms. The second kappa shape index (κ2) is 10.3. The van der Waals surface area contributed by atoms with Gasteiger partial charge in [-0.3, -0.25) is 0 Å². The zero-order chi connectivity index (χ0) is 19.9. The number of benzene rings is 2. The Morgan fingerprint density at radius 3 is 2.03 bits per heavy atom. The molecule has 0 radical (unpaired) electrons. The maximum atomic E-state index is 2.57. The highest BCUT2D eigenvalue weighted by Crippen LogP contribution is 2.42. The van der Waals surface area contributed by atoms with Crippen molar-refractivity contribution in [3.8, 4) is 11.1 Å². The van der Waals surface area contributed by atoms with Gasteiger partial charge >= 0.3 is 0 Å². The summed E-state index contributed by atoms with van der Waals surface area (Å²) in [6.45, 7) is 2.32. The van der Waals surface area contributed by atoms with Crippen LogP contribution in [0.4, 0.5) is 0 Å². The van der Waals surface area contributed by atoms with E-state index in [1.54, 1.807) is 5.57 Å². The minimum atomic E-state index is 0.943. The molecule has 0 heteroatoms. The van der Waals surface area contributed by atoms with E-state index in [0.717, 1.165) is 17.8 Å². The summed E-state index contributed by atoms with van der Waals surface area (Å²) in [5.74, 6) is 2.98. The molecule has 0 aliphatic heterocycles. The van der Waals surface area contributed by atoms with Crippen LogP contribution in [0, 0.1) is 17.8 Å². The molecular formula is C29H38. The van der Waals surface area contributed by atoms with Crippen molar-refractivity contribution in [2.75, 3.05) is 0 Å². The molecule has 1 fully saturated rings. The minimum Gasteiger partial charge on any atom is -0.0804 e. The first-order valence-corrected chi connectivity index (χ1v) is 12.2. The van der Waals surface area contributed by atoms with Gasteiger partial charge in [0.15, 0.2) is 0 Å². The SMILES string of the molecule is CCCCCC1CCC(C2CC=C(c3ccc(-c4ccccc4)cc3)CC2)CC1. The van der Waals surface area contributed by atoms with Crippen LogP contribution in [0.3, 0.4) is 0 Å². The number of hydrogen-bond acceptors (Lipinski definition) is 0. The topological polar surface area (TPSA) is 0 Å². The van der Waals surface area contributed by atoms with Gasteiger partial charge in [0.05, 0.1) is 0 Å². The van der Waals surface area contributed by atoms with Crippen LogP contribution in [0.2, 0.25) is 0 Å². The summed E-state index contributed by atoms with van der Waals surface area (Å²) in [5.41, 5.74) is 5.64. The summed E-state index contributed by atoms with van der Waals surface area (Å²) in [5, 5.41) is 0. The average molecular weight is 387 g/mol. The summed E-state index contributed by atoms with van der Waals surface area (Å²) in [4.78, 5) is 0. The van der Waals surface area contributed by atoms with Crippen molar-refractivity contribution < 1.29 is 0 Å². The molecule has 0 N–H and O–H groups in total. The van der Waals surface area contributed by atoms with Crippen LogP contribution in [-0.4, -0.2) is 0 Å². The summed E-state index contributed by atoms with van der Waals surface area (Å²) in [6.07, 6.45) is 18.3. The van der Waals surface area contributed by atoms with E-state index < -0.39 is 0 Å². The Balaban J connectivity index is 1.29. The summed E-state index contributed by atoms with van der Waals surface area (Å²) in [6, 6.07) is 19.9. The summed E-state index contributed by atoms with van der Waals surface area (Å²) < 4.78 is 0. The Bertz CT molecular complexity index is 759. The van der Waals surface area contributed by atoms with E-state index in [2.05, 4.69) is 67.6 Å². The van der Waals surface area contributed by atoms with E-state index in [4.69, 9.17) is 0 Å². The molecule has 2 aliphatic carbocycles. The van der Waals surface area contributed by atoms with Crippen molar-refractivity contribution in [3.63, 3.8) is 0 Å². The smallest absolute Gasteiger partial charge is 0.0184 e. The van der Waals surface area contributed by atoms with Crippen LogP contribution in [0.5, 0.6) is 0 Å². The Morgan fingerprint density at radius 1 is 0.690 bits per heavy atom. The molecule has 2 aliphatic rings. The van der Waals surface area contributed by atoms with E-state index in [1.165, 1.54) is 87.3 Å². The highest BCUT2D eigenvalue weighted by atomic mass is 14.3. The van der Waals surface area contributed by atoms with E-state index in [0.29, 0.717) is 0 Å². The van der Waals surface area contributed by atoms with Gasteiger partial charge < -0.3 is 0 Å². The first-order valence-electron chi connectivity index (χ1n) is 12.2. The van der Waals surface area contributed by atoms with Crippen LogP contribution in [0.15, 0.2) is 60.7 Å². The van der Waals surface area contributed by atoms with E-state index in [-0.39, 0.29) is 0 Å². The van der Waals surface area contributed by atoms with Gasteiger partial charge in [-0.15, -0.1) is 0 Å². The zero-order valence-electron chi connectivity index (χ0n) is 18.3. The predicted octanol–water partition coefficient (Wildman–Crippen LogP) is 8.92. The highest BCUT2D eigenvalue weighted by Gasteiger charge is 2.28. The molecule has 0 heterocycles. The Kier molecular flexibility index (Phi) is 7.25. The quantitative estimate of drug-likeness (QED) is 0.417. The molecule has 2 aromatic rings. The molecule has 0 aromatic heterocycles. The third-order valence-corrected chi connectivity index (χ3v) is 7.59. The molecular weight excluding hydrogens is 348 g/mol. The van der Waals surface area contributed by atoms with Gasteiger partial charge in [-0.05, 0) is 72.1 Å². The lowest BCUT2D eigenvalue weighted by molar-refractivity contribution is 0.187. The van der Waals surface area contributed by atoms with Crippen LogP contribution < -0.4 is 0 Å². The third kappa shape index (κ3) is 5.41. The standard InChI is InChI=1S/C29H38/c1-2-3-5-8-23-11-13-25(14-12-23)27-19-21-29(22-20-27)28-17-15-26(16-18-28)24-9-6-4-7-10-24/h4,6-7,9-10,15-18,21,23,25,27H,2-3,5,8,11-14,19-20,22H2,1H3. The van der Waals surface area contributed by atoms with Crippen LogP contribution in [0.25, 0.3) is 16.7 Å². The molecule has 2 aromatic carbocycles. The molecule has 1 saturated carbocycles. The van der Waals surface area contributed by atoms with Gasteiger partial charge in [0.25, 0.3) is 0 Å². The zero-order valence-corrected chi connectivity index (χ0v) is 18.3. The second-order valence-electron chi connectivity index (χ2n) is 9.48. The summed E-state index contributed by atoms with van der Waals surface area (Å²) in [7, 11) is 0. The van der Waals surface area contributed by atoms with Gasteiger partial charge in [0.2, 0.25) is 0 Å². The van der Waals surface area contributed by atoms with E-state index >= 15 is 0 Å². The number of hydrogen-bond donors (Lipinski definition) is 0. The highest BCUT2D eigenvalue weighted by molar-refractivity contribution is 5.70. The van der Waals surface area contributed by atoms with Gasteiger partial charge in [0, 0.05) is 0 Å². The largest absolute Gasteiger partial charge is 0.0804 e.